The highest BCUT2D eigenvalue weighted by Crippen LogP contribution is 2.49. The van der Waals surface area contributed by atoms with Gasteiger partial charge in [-0.25, -0.2) is 8.42 Å². The first-order chi connectivity index (χ1) is 18.7. The van der Waals surface area contributed by atoms with Crippen LogP contribution in [0.25, 0.3) is 11.1 Å². The third kappa shape index (κ3) is 3.15. The first-order valence-corrected chi connectivity index (χ1v) is 15.0. The second-order valence-corrected chi connectivity index (χ2v) is 14.2. The van der Waals surface area contributed by atoms with Crippen molar-refractivity contribution >= 4 is 44.8 Å². The van der Waals surface area contributed by atoms with Gasteiger partial charge in [-0.2, -0.15) is 0 Å². The van der Waals surface area contributed by atoms with Crippen LogP contribution in [0.2, 0.25) is 0 Å². The molecular formula is C31H30N4O4S+2. The number of allylic oxidation sites excluding steroid dienone is 2. The average molecular weight is 555 g/mol. The van der Waals surface area contributed by atoms with Crippen LogP contribution in [0, 0.1) is 0 Å². The normalized spacial score (nSPS) is 23.9. The molecule has 40 heavy (non-hydrogen) atoms. The number of anilines is 2. The molecule has 6 heterocycles. The minimum absolute atomic E-state index is 0.199. The van der Waals surface area contributed by atoms with Crippen molar-refractivity contribution in [3.63, 3.8) is 0 Å². The minimum Gasteiger partial charge on any atom is -0.376 e. The quantitative estimate of drug-likeness (QED) is 0.447. The fourth-order valence-electron chi connectivity index (χ4n) is 6.77. The summed E-state index contributed by atoms with van der Waals surface area (Å²) in [6.45, 7) is 12.7. The number of nitrogens with zero attached hydrogens (tertiary/aromatic N) is 2. The van der Waals surface area contributed by atoms with Gasteiger partial charge in [0.15, 0.2) is 23.9 Å². The van der Waals surface area contributed by atoms with Gasteiger partial charge in [0.25, 0.3) is 0 Å². The summed E-state index contributed by atoms with van der Waals surface area (Å²) in [7, 11) is -3.53. The number of hydrogen-bond acceptors (Lipinski definition) is 6. The highest BCUT2D eigenvalue weighted by Gasteiger charge is 2.75. The lowest BCUT2D eigenvalue weighted by Crippen LogP contribution is -2.59. The molecule has 0 aliphatic carbocycles. The first kappa shape index (κ1) is 23.7. The smallest absolute Gasteiger partial charge is 0.376 e. The van der Waals surface area contributed by atoms with E-state index < -0.39 is 15.9 Å². The maximum Gasteiger partial charge on any atom is 0.715 e. The molecular weight excluding hydrogens is 524 g/mol. The van der Waals surface area contributed by atoms with E-state index in [4.69, 9.17) is 9.47 Å². The summed E-state index contributed by atoms with van der Waals surface area (Å²) in [5.74, 6) is 1.30. The maximum atomic E-state index is 12.7. The Morgan fingerprint density at radius 2 is 1.12 bits per heavy atom. The van der Waals surface area contributed by atoms with Crippen molar-refractivity contribution in [1.82, 2.24) is 0 Å². The number of benzene rings is 2. The Morgan fingerprint density at radius 1 is 0.700 bits per heavy atom. The Balaban J connectivity index is 1.34. The van der Waals surface area contributed by atoms with Crippen LogP contribution in [0.1, 0.15) is 63.8 Å². The van der Waals surface area contributed by atoms with E-state index in [-0.39, 0.29) is 11.1 Å². The number of sulfone groups is 1. The summed E-state index contributed by atoms with van der Waals surface area (Å²) in [5, 5.41) is 9.76. The zero-order valence-corrected chi connectivity index (χ0v) is 24.0. The van der Waals surface area contributed by atoms with Crippen LogP contribution in [0.5, 0.6) is 11.5 Å². The first-order valence-electron chi connectivity index (χ1n) is 13.4. The highest BCUT2D eigenvalue weighted by molar-refractivity contribution is 7.97. The Labute approximate surface area is 233 Å². The van der Waals surface area contributed by atoms with Gasteiger partial charge in [-0.15, -0.1) is 0 Å². The maximum absolute atomic E-state index is 12.7. The van der Waals surface area contributed by atoms with E-state index in [1.54, 1.807) is 9.15 Å². The van der Waals surface area contributed by atoms with Gasteiger partial charge in [0.05, 0.1) is 22.2 Å². The topological polar surface area (TPSA) is 82.7 Å². The fraction of sp³-hybridized carbons (Fsp3) is 0.290. The summed E-state index contributed by atoms with van der Waals surface area (Å²) in [6.07, 6.45) is 8.27. The van der Waals surface area contributed by atoms with Crippen LogP contribution >= 0.6 is 0 Å². The highest BCUT2D eigenvalue weighted by atomic mass is 32.2. The molecule has 8 rings (SSSR count). The van der Waals surface area contributed by atoms with Gasteiger partial charge in [0.2, 0.25) is 9.84 Å². The van der Waals surface area contributed by atoms with E-state index in [0.29, 0.717) is 22.9 Å². The second-order valence-electron chi connectivity index (χ2n) is 12.6. The van der Waals surface area contributed by atoms with Gasteiger partial charge in [-0.1, -0.05) is 12.2 Å². The summed E-state index contributed by atoms with van der Waals surface area (Å²) in [5.41, 5.74) is 8.78. The zero-order valence-electron chi connectivity index (χ0n) is 23.2. The molecule has 8 nitrogen and oxygen atoms in total. The van der Waals surface area contributed by atoms with Crippen LogP contribution in [-0.2, 0) is 9.84 Å². The molecule has 9 heteroatoms. The third-order valence-corrected chi connectivity index (χ3v) is 9.29. The SMILES string of the molecule is CC1=CC(C)(C)Nc2cc3c(cc21)C=[N+]1C2=CS(=O)(=O)C=C2[N+]2=Cc4cc5c(cc4OC12O3)NC(C)(C)C=C5C. The fourth-order valence-corrected chi connectivity index (χ4v) is 7.93. The number of ether oxygens (including phenoxy) is 2. The number of nitrogens with one attached hydrogen (secondary N) is 2. The molecule has 0 radical (unpaired) electrons. The van der Waals surface area contributed by atoms with Crippen molar-refractivity contribution in [3.05, 3.63) is 80.9 Å². The molecule has 6 aliphatic heterocycles. The predicted octanol–water partition coefficient (Wildman–Crippen LogP) is 4.99. The number of rotatable bonds is 0. The van der Waals surface area contributed by atoms with Crippen LogP contribution in [0.4, 0.5) is 11.4 Å². The molecule has 1 saturated heterocycles. The Kier molecular flexibility index (Phi) is 4.13. The Hall–Kier alpha value is -4.11. The van der Waals surface area contributed by atoms with Crippen molar-refractivity contribution in [2.24, 2.45) is 0 Å². The van der Waals surface area contributed by atoms with Crippen LogP contribution < -0.4 is 20.1 Å². The van der Waals surface area contributed by atoms with Crippen molar-refractivity contribution in [3.8, 4) is 11.5 Å². The van der Waals surface area contributed by atoms with Gasteiger partial charge in [-0.3, -0.25) is 0 Å². The number of hydrogen-bond donors (Lipinski definition) is 2. The summed E-state index contributed by atoms with van der Waals surface area (Å²) < 4.78 is 42.6. The third-order valence-electron chi connectivity index (χ3n) is 8.18. The molecule has 0 atom stereocenters. The molecule has 2 aromatic rings. The average Bonchev–Trinajstić information content (AvgIpc) is 3.25. The van der Waals surface area contributed by atoms with Gasteiger partial charge in [0, 0.05) is 34.6 Å². The van der Waals surface area contributed by atoms with E-state index in [1.165, 1.54) is 22.0 Å². The lowest BCUT2D eigenvalue weighted by molar-refractivity contribution is -0.838. The van der Waals surface area contributed by atoms with E-state index in [0.717, 1.165) is 33.6 Å². The zero-order chi connectivity index (χ0) is 28.0. The molecule has 0 unspecified atom stereocenters. The molecule has 0 bridgehead atoms. The second kappa shape index (κ2) is 6.96. The lowest BCUT2D eigenvalue weighted by Gasteiger charge is -2.34. The van der Waals surface area contributed by atoms with E-state index in [2.05, 4.69) is 76.5 Å². The lowest BCUT2D eigenvalue weighted by atomic mass is 9.90. The monoisotopic (exact) mass is 554 g/mol. The van der Waals surface area contributed by atoms with Crippen molar-refractivity contribution in [1.29, 1.82) is 0 Å². The summed E-state index contributed by atoms with van der Waals surface area (Å²) >= 11 is 0. The standard InChI is InChI=1S/C31H28N4O4S/c1-17-11-29(3,4)32-23-9-27-19(7-21(17)23)13-34-25-15-40(36,37)16-26(25)35-14-20-8-22-18(2)12-30(5,6)33-24(22)10-28(20)39-31(34,35)38-27/h7-16H,1-6H3/p+2. The molecule has 1 spiro atoms. The number of fused-ring (bicyclic) bond motifs is 7. The van der Waals surface area contributed by atoms with E-state index in [9.17, 15) is 8.42 Å². The summed E-state index contributed by atoms with van der Waals surface area (Å²) in [4.78, 5) is 0. The van der Waals surface area contributed by atoms with Gasteiger partial charge >= 0.3 is 17.4 Å². The van der Waals surface area contributed by atoms with Gasteiger partial charge in [0.1, 0.15) is 10.8 Å². The molecule has 0 aromatic heterocycles. The molecule has 6 aliphatic rings. The molecule has 1 fully saturated rings. The van der Waals surface area contributed by atoms with Crippen molar-refractivity contribution in [2.75, 3.05) is 10.6 Å². The summed E-state index contributed by atoms with van der Waals surface area (Å²) in [6, 6.07) is 6.75. The van der Waals surface area contributed by atoms with Gasteiger partial charge < -0.3 is 20.1 Å². The van der Waals surface area contributed by atoms with Gasteiger partial charge in [-0.05, 0) is 74.0 Å². The minimum atomic E-state index is -3.53. The molecule has 2 aromatic carbocycles. The van der Waals surface area contributed by atoms with Crippen LogP contribution in [-0.4, -0.2) is 47.1 Å². The van der Waals surface area contributed by atoms with Crippen molar-refractivity contribution < 1.29 is 27.0 Å². The Bertz CT molecular complexity index is 1800. The molecule has 202 valence electrons. The van der Waals surface area contributed by atoms with Crippen molar-refractivity contribution in [2.45, 2.75) is 58.7 Å². The Morgan fingerprint density at radius 3 is 1.55 bits per heavy atom. The molecule has 0 saturated carbocycles. The largest absolute Gasteiger partial charge is 0.715 e. The van der Waals surface area contributed by atoms with Crippen LogP contribution in [0.15, 0.2) is 58.6 Å². The predicted molar refractivity (Wildman–Crippen MR) is 156 cm³/mol. The van der Waals surface area contributed by atoms with Crippen LogP contribution in [0.3, 0.4) is 0 Å². The molecule has 2 N–H and O–H groups in total. The molecule has 0 amide bonds. The van der Waals surface area contributed by atoms with E-state index in [1.807, 2.05) is 24.6 Å². The van der Waals surface area contributed by atoms with E-state index >= 15 is 0 Å².